The molecular weight excluding hydrogens is 638 g/mol. The molecule has 0 bridgehead atoms. The molecule has 0 unspecified atom stereocenters. The fraction of sp³-hybridized carbons (Fsp3) is 0.0333. The summed E-state index contributed by atoms with van der Waals surface area (Å²) in [5, 5.41) is 18.6. The summed E-state index contributed by atoms with van der Waals surface area (Å²) in [6.45, 7) is -0.0891. The van der Waals surface area contributed by atoms with E-state index in [1.165, 1.54) is 24.4 Å². The van der Waals surface area contributed by atoms with Gasteiger partial charge in [0.2, 0.25) is 11.6 Å². The lowest BCUT2D eigenvalue weighted by molar-refractivity contribution is -0.385. The average molecular weight is 654 g/mol. The molecule has 0 radical (unpaired) electrons. The van der Waals surface area contributed by atoms with E-state index < -0.39 is 16.2 Å². The van der Waals surface area contributed by atoms with Gasteiger partial charge in [0.25, 0.3) is 5.56 Å². The number of halogens is 4. The van der Waals surface area contributed by atoms with Gasteiger partial charge in [0, 0.05) is 37.6 Å². The van der Waals surface area contributed by atoms with Crippen LogP contribution in [0.2, 0.25) is 20.1 Å². The lowest BCUT2D eigenvalue weighted by Crippen LogP contribution is -2.20. The van der Waals surface area contributed by atoms with Gasteiger partial charge < -0.3 is 9.15 Å². The first-order chi connectivity index (χ1) is 20.7. The van der Waals surface area contributed by atoms with Crippen molar-refractivity contribution in [3.63, 3.8) is 0 Å². The molecule has 4 aromatic carbocycles. The molecule has 214 valence electrons. The third kappa shape index (κ3) is 5.80. The van der Waals surface area contributed by atoms with Crippen molar-refractivity contribution < 1.29 is 14.1 Å². The maximum absolute atomic E-state index is 13.6. The molecule has 6 aromatic rings. The van der Waals surface area contributed by atoms with Crippen LogP contribution in [0.5, 0.6) is 5.75 Å². The summed E-state index contributed by atoms with van der Waals surface area (Å²) in [6.07, 6.45) is 1.26. The zero-order valence-corrected chi connectivity index (χ0v) is 24.7. The molecule has 0 spiro atoms. The maximum atomic E-state index is 13.6. The van der Waals surface area contributed by atoms with Crippen LogP contribution in [0.15, 0.2) is 93.2 Å². The summed E-state index contributed by atoms with van der Waals surface area (Å²) in [7, 11) is 0. The molecule has 9 nitrogen and oxygen atoms in total. The van der Waals surface area contributed by atoms with Gasteiger partial charge in [-0.3, -0.25) is 14.9 Å². The maximum Gasteiger partial charge on any atom is 0.313 e. The molecule has 0 saturated heterocycles. The quantitative estimate of drug-likeness (QED) is 0.0966. The second kappa shape index (κ2) is 11.7. The highest BCUT2D eigenvalue weighted by atomic mass is 35.5. The normalized spacial score (nSPS) is 11.5. The zero-order valence-electron chi connectivity index (χ0n) is 21.6. The van der Waals surface area contributed by atoms with Gasteiger partial charge in [0.15, 0.2) is 5.76 Å². The molecule has 0 saturated carbocycles. The van der Waals surface area contributed by atoms with Crippen LogP contribution in [-0.4, -0.2) is 20.8 Å². The minimum absolute atomic E-state index is 0.0425. The fourth-order valence-electron chi connectivity index (χ4n) is 4.38. The molecule has 0 amide bonds. The standard InChI is InChI=1S/C30H16Cl4N4O5/c31-19-7-8-26-18(11-19)12-27(43-26)29-36-24-4-2-1-3-21(24)30(39)37(29)35-14-16-9-23(34)28(25(10-16)38(40)41)42-15-17-5-6-20(32)13-22(17)33/h1-14H,15H2. The molecule has 0 N–H and O–H groups in total. The second-order valence-corrected chi connectivity index (χ2v) is 10.9. The van der Waals surface area contributed by atoms with Crippen LogP contribution in [-0.2, 0) is 6.61 Å². The number of nitro groups is 1. The molecule has 0 aliphatic heterocycles. The minimum Gasteiger partial charge on any atom is -0.481 e. The summed E-state index contributed by atoms with van der Waals surface area (Å²) in [5.41, 5.74) is 0.887. The SMILES string of the molecule is O=c1c2ccccc2nc(-c2cc3cc(Cl)ccc3o2)n1N=Cc1cc(Cl)c(OCc2ccc(Cl)cc2Cl)c([N+](=O)[O-])c1. The lowest BCUT2D eigenvalue weighted by Gasteiger charge is -2.11. The van der Waals surface area contributed by atoms with Crippen LogP contribution >= 0.6 is 46.4 Å². The van der Waals surface area contributed by atoms with Crippen molar-refractivity contribution in [1.29, 1.82) is 0 Å². The number of aromatic nitrogens is 2. The number of furan rings is 1. The third-order valence-electron chi connectivity index (χ3n) is 6.40. The summed E-state index contributed by atoms with van der Waals surface area (Å²) in [4.78, 5) is 29.5. The van der Waals surface area contributed by atoms with Crippen LogP contribution in [0, 0.1) is 10.1 Å². The molecule has 2 heterocycles. The first-order valence-electron chi connectivity index (χ1n) is 12.5. The first-order valence-corrected chi connectivity index (χ1v) is 14.0. The Hall–Kier alpha value is -4.41. The van der Waals surface area contributed by atoms with E-state index in [0.29, 0.717) is 42.5 Å². The van der Waals surface area contributed by atoms with Crippen molar-refractivity contribution in [2.24, 2.45) is 5.10 Å². The number of nitro benzene ring substituents is 1. The predicted molar refractivity (Wildman–Crippen MR) is 168 cm³/mol. The predicted octanol–water partition coefficient (Wildman–Crippen LogP) is 8.79. The molecule has 2 aromatic heterocycles. The van der Waals surface area contributed by atoms with E-state index in [2.05, 4.69) is 10.1 Å². The Morgan fingerprint density at radius 1 is 0.953 bits per heavy atom. The molecule has 6 rings (SSSR count). The summed E-state index contributed by atoms with van der Waals surface area (Å²) < 4.78 is 12.7. The number of hydrogen-bond donors (Lipinski definition) is 0. The lowest BCUT2D eigenvalue weighted by atomic mass is 10.2. The van der Waals surface area contributed by atoms with Gasteiger partial charge in [0.05, 0.1) is 27.1 Å². The van der Waals surface area contributed by atoms with Crippen LogP contribution in [0.25, 0.3) is 33.5 Å². The number of benzene rings is 4. The van der Waals surface area contributed by atoms with E-state index in [1.807, 2.05) is 0 Å². The van der Waals surface area contributed by atoms with Crippen molar-refractivity contribution in [3.8, 4) is 17.3 Å². The highest BCUT2D eigenvalue weighted by molar-refractivity contribution is 6.35. The Balaban J connectivity index is 1.41. The zero-order chi connectivity index (χ0) is 30.2. The van der Waals surface area contributed by atoms with Crippen molar-refractivity contribution >= 4 is 80.2 Å². The van der Waals surface area contributed by atoms with Gasteiger partial charge in [-0.2, -0.15) is 9.78 Å². The summed E-state index contributed by atoms with van der Waals surface area (Å²) >= 11 is 24.7. The molecule has 0 aliphatic rings. The minimum atomic E-state index is -0.628. The molecule has 0 fully saturated rings. The van der Waals surface area contributed by atoms with Gasteiger partial charge in [-0.05, 0) is 54.6 Å². The number of rotatable bonds is 7. The van der Waals surface area contributed by atoms with Crippen LogP contribution in [0.4, 0.5) is 5.69 Å². The van der Waals surface area contributed by atoms with E-state index in [9.17, 15) is 14.9 Å². The van der Waals surface area contributed by atoms with Crippen LogP contribution < -0.4 is 10.3 Å². The highest BCUT2D eigenvalue weighted by Gasteiger charge is 2.22. The van der Waals surface area contributed by atoms with Crippen LogP contribution in [0.3, 0.4) is 0 Å². The topological polar surface area (TPSA) is 113 Å². The Labute approximate surface area is 262 Å². The monoisotopic (exact) mass is 652 g/mol. The number of fused-ring (bicyclic) bond motifs is 2. The van der Waals surface area contributed by atoms with Crippen molar-refractivity contribution in [2.45, 2.75) is 6.61 Å². The van der Waals surface area contributed by atoms with E-state index in [4.69, 9.17) is 55.6 Å². The Kier molecular flexibility index (Phi) is 7.81. The van der Waals surface area contributed by atoms with E-state index in [-0.39, 0.29) is 34.5 Å². The Bertz CT molecular complexity index is 2160. The number of hydrogen-bond acceptors (Lipinski definition) is 7. The molecule has 0 atom stereocenters. The number of nitrogens with zero attached hydrogens (tertiary/aromatic N) is 4. The first kappa shape index (κ1) is 28.7. The van der Waals surface area contributed by atoms with E-state index in [1.54, 1.807) is 60.7 Å². The van der Waals surface area contributed by atoms with E-state index in [0.717, 1.165) is 4.68 Å². The van der Waals surface area contributed by atoms with Gasteiger partial charge in [-0.25, -0.2) is 4.98 Å². The number of ether oxygens (including phenoxy) is 1. The van der Waals surface area contributed by atoms with Crippen LogP contribution in [0.1, 0.15) is 11.1 Å². The number of para-hydroxylation sites is 1. The molecular formula is C30H16Cl4N4O5. The molecule has 13 heteroatoms. The summed E-state index contributed by atoms with van der Waals surface area (Å²) in [5.74, 6) is 0.236. The smallest absolute Gasteiger partial charge is 0.313 e. The van der Waals surface area contributed by atoms with E-state index >= 15 is 0 Å². The van der Waals surface area contributed by atoms with Gasteiger partial charge in [0.1, 0.15) is 12.2 Å². The largest absolute Gasteiger partial charge is 0.481 e. The molecule has 43 heavy (non-hydrogen) atoms. The molecule has 0 aliphatic carbocycles. The Morgan fingerprint density at radius 2 is 1.72 bits per heavy atom. The van der Waals surface area contributed by atoms with Crippen molar-refractivity contribution in [3.05, 3.63) is 131 Å². The van der Waals surface area contributed by atoms with Gasteiger partial charge >= 0.3 is 5.69 Å². The summed E-state index contributed by atoms with van der Waals surface area (Å²) in [6, 6.07) is 21.1. The third-order valence-corrected chi connectivity index (χ3v) is 7.51. The fourth-order valence-corrected chi connectivity index (χ4v) is 5.30. The average Bonchev–Trinajstić information content (AvgIpc) is 3.39. The van der Waals surface area contributed by atoms with Crippen molar-refractivity contribution in [2.75, 3.05) is 0 Å². The van der Waals surface area contributed by atoms with Crippen molar-refractivity contribution in [1.82, 2.24) is 9.66 Å². The second-order valence-electron chi connectivity index (χ2n) is 9.24. The van der Waals surface area contributed by atoms with Gasteiger partial charge in [-0.1, -0.05) is 64.6 Å². The highest BCUT2D eigenvalue weighted by Crippen LogP contribution is 2.37. The van der Waals surface area contributed by atoms with Gasteiger partial charge in [-0.15, -0.1) is 0 Å². The Morgan fingerprint density at radius 3 is 2.51 bits per heavy atom.